The molecule has 0 aliphatic heterocycles. The van der Waals surface area contributed by atoms with E-state index in [1.165, 1.54) is 6.42 Å². The third kappa shape index (κ3) is 3.67. The van der Waals surface area contributed by atoms with Crippen LogP contribution < -0.4 is 5.32 Å². The third-order valence-corrected chi connectivity index (χ3v) is 6.27. The van der Waals surface area contributed by atoms with Gasteiger partial charge in [-0.15, -0.1) is 0 Å². The predicted octanol–water partition coefficient (Wildman–Crippen LogP) is 3.72. The molecule has 1 aliphatic rings. The van der Waals surface area contributed by atoms with Crippen molar-refractivity contribution in [2.24, 2.45) is 5.41 Å². The summed E-state index contributed by atoms with van der Waals surface area (Å²) in [7, 11) is 1.03. The van der Waals surface area contributed by atoms with Gasteiger partial charge >= 0.3 is 0 Å². The first-order chi connectivity index (χ1) is 8.93. The lowest BCUT2D eigenvalue weighted by molar-refractivity contribution is 0.216. The number of hydrogen-bond acceptors (Lipinski definition) is 2. The number of rotatable bonds is 3. The molecule has 1 aliphatic carbocycles. The summed E-state index contributed by atoms with van der Waals surface area (Å²) in [5, 5.41) is 3.55. The van der Waals surface area contributed by atoms with Gasteiger partial charge in [-0.05, 0) is 49.9 Å². The van der Waals surface area contributed by atoms with Gasteiger partial charge in [0.1, 0.15) is 0 Å². The van der Waals surface area contributed by atoms with E-state index >= 15 is 0 Å². The predicted molar refractivity (Wildman–Crippen MR) is 84.8 cm³/mol. The van der Waals surface area contributed by atoms with E-state index in [9.17, 15) is 4.21 Å². The summed E-state index contributed by atoms with van der Waals surface area (Å²) in [6.07, 6.45) is 3.32. The van der Waals surface area contributed by atoms with Crippen molar-refractivity contribution in [1.29, 1.82) is 0 Å². The van der Waals surface area contributed by atoms with Crippen LogP contribution in [0.3, 0.4) is 0 Å². The van der Waals surface area contributed by atoms with Gasteiger partial charge in [-0.2, -0.15) is 0 Å². The van der Waals surface area contributed by atoms with E-state index < -0.39 is 10.8 Å². The first kappa shape index (κ1) is 15.2. The minimum Gasteiger partial charge on any atom is -0.316 e. The highest BCUT2D eigenvalue weighted by Gasteiger charge is 2.37. The molecule has 3 unspecified atom stereocenters. The van der Waals surface area contributed by atoms with Crippen molar-refractivity contribution in [3.05, 3.63) is 28.7 Å². The molecule has 4 heteroatoms. The summed E-state index contributed by atoms with van der Waals surface area (Å²) in [6.45, 7) is 4.56. The topological polar surface area (TPSA) is 29.1 Å². The molecule has 1 aromatic carbocycles. The Labute approximate surface area is 127 Å². The summed E-state index contributed by atoms with van der Waals surface area (Å²) in [6, 6.07) is 8.23. The Morgan fingerprint density at radius 2 is 2.16 bits per heavy atom. The maximum Gasteiger partial charge on any atom is 0.0577 e. The van der Waals surface area contributed by atoms with Gasteiger partial charge in [0, 0.05) is 15.4 Å². The van der Waals surface area contributed by atoms with Crippen molar-refractivity contribution in [1.82, 2.24) is 5.32 Å². The standard InChI is InChI=1S/C15H22BrNOS/c1-15(2)8-7-13(17-3)14(10-15)19(18)12-6-4-5-11(16)9-12/h4-6,9,13-14,17H,7-8,10H2,1-3H3. The normalized spacial score (nSPS) is 28.0. The minimum atomic E-state index is -0.949. The zero-order valence-corrected chi connectivity index (χ0v) is 14.2. The summed E-state index contributed by atoms with van der Waals surface area (Å²) >= 11 is 3.46. The summed E-state index contributed by atoms with van der Waals surface area (Å²) in [4.78, 5) is 0.928. The lowest BCUT2D eigenvalue weighted by Crippen LogP contribution is -2.47. The first-order valence-electron chi connectivity index (χ1n) is 6.76. The third-order valence-electron chi connectivity index (χ3n) is 4.01. The van der Waals surface area contributed by atoms with Crippen LogP contribution in [0.25, 0.3) is 0 Å². The molecule has 0 bridgehead atoms. The molecule has 0 heterocycles. The van der Waals surface area contributed by atoms with E-state index in [4.69, 9.17) is 0 Å². The van der Waals surface area contributed by atoms with Crippen LogP contribution in [0.4, 0.5) is 0 Å². The van der Waals surface area contributed by atoms with Gasteiger partial charge in [0.15, 0.2) is 0 Å². The van der Waals surface area contributed by atoms with Crippen LogP contribution in [0.15, 0.2) is 33.6 Å². The lowest BCUT2D eigenvalue weighted by Gasteiger charge is -2.40. The maximum absolute atomic E-state index is 12.9. The fourth-order valence-electron chi connectivity index (χ4n) is 2.84. The van der Waals surface area contributed by atoms with Crippen molar-refractivity contribution in [3.63, 3.8) is 0 Å². The highest BCUT2D eigenvalue weighted by Crippen LogP contribution is 2.38. The molecule has 1 fully saturated rings. The fraction of sp³-hybridized carbons (Fsp3) is 0.600. The van der Waals surface area contributed by atoms with E-state index in [-0.39, 0.29) is 5.25 Å². The average molecular weight is 344 g/mol. The number of halogens is 1. The Kier molecular flexibility index (Phi) is 4.85. The second-order valence-electron chi connectivity index (χ2n) is 6.10. The first-order valence-corrected chi connectivity index (χ1v) is 8.77. The van der Waals surface area contributed by atoms with E-state index in [0.29, 0.717) is 11.5 Å². The van der Waals surface area contributed by atoms with E-state index in [1.807, 2.05) is 31.3 Å². The highest BCUT2D eigenvalue weighted by molar-refractivity contribution is 9.10. The average Bonchev–Trinajstić information content (AvgIpc) is 2.37. The van der Waals surface area contributed by atoms with Crippen molar-refractivity contribution < 1.29 is 4.21 Å². The van der Waals surface area contributed by atoms with Crippen molar-refractivity contribution >= 4 is 26.7 Å². The Morgan fingerprint density at radius 3 is 2.79 bits per heavy atom. The quantitative estimate of drug-likeness (QED) is 0.905. The molecule has 0 amide bonds. The Morgan fingerprint density at radius 1 is 1.42 bits per heavy atom. The summed E-state index contributed by atoms with van der Waals surface area (Å²) in [5.41, 5.74) is 0.291. The zero-order valence-electron chi connectivity index (χ0n) is 11.8. The molecule has 1 saturated carbocycles. The summed E-state index contributed by atoms with van der Waals surface area (Å²) < 4.78 is 13.9. The second kappa shape index (κ2) is 6.06. The number of hydrogen-bond donors (Lipinski definition) is 1. The van der Waals surface area contributed by atoms with Gasteiger partial charge in [0.2, 0.25) is 0 Å². The minimum absolute atomic E-state index is 0.197. The Balaban J connectivity index is 2.24. The van der Waals surface area contributed by atoms with Crippen molar-refractivity contribution in [2.75, 3.05) is 7.05 Å². The van der Waals surface area contributed by atoms with Gasteiger partial charge in [0.05, 0.1) is 16.0 Å². The zero-order chi connectivity index (χ0) is 14.0. The number of nitrogens with one attached hydrogen (secondary N) is 1. The van der Waals surface area contributed by atoms with Crippen LogP contribution in [-0.2, 0) is 10.8 Å². The van der Waals surface area contributed by atoms with E-state index in [1.54, 1.807) is 0 Å². The molecular formula is C15H22BrNOS. The van der Waals surface area contributed by atoms with Crippen LogP contribution in [0.5, 0.6) is 0 Å². The fourth-order valence-corrected chi connectivity index (χ4v) is 5.37. The molecule has 19 heavy (non-hydrogen) atoms. The van der Waals surface area contributed by atoms with Gasteiger partial charge in [-0.3, -0.25) is 4.21 Å². The molecule has 1 N–H and O–H groups in total. The van der Waals surface area contributed by atoms with Crippen LogP contribution in [0.1, 0.15) is 33.1 Å². The molecule has 1 aromatic rings. The van der Waals surface area contributed by atoms with Crippen LogP contribution in [-0.4, -0.2) is 22.5 Å². The summed E-state index contributed by atoms with van der Waals surface area (Å²) in [5.74, 6) is 0. The molecule has 2 nitrogen and oxygen atoms in total. The van der Waals surface area contributed by atoms with E-state index in [0.717, 1.165) is 22.2 Å². The van der Waals surface area contributed by atoms with Crippen LogP contribution in [0, 0.1) is 5.41 Å². The largest absolute Gasteiger partial charge is 0.316 e. The Hall–Kier alpha value is -0.190. The molecule has 106 valence electrons. The molecule has 0 aromatic heterocycles. The monoisotopic (exact) mass is 343 g/mol. The highest BCUT2D eigenvalue weighted by atomic mass is 79.9. The smallest absolute Gasteiger partial charge is 0.0577 e. The number of benzene rings is 1. The second-order valence-corrected chi connectivity index (χ2v) is 8.68. The van der Waals surface area contributed by atoms with Gasteiger partial charge < -0.3 is 5.32 Å². The van der Waals surface area contributed by atoms with Gasteiger partial charge in [-0.25, -0.2) is 0 Å². The maximum atomic E-state index is 12.9. The molecule has 0 saturated heterocycles. The van der Waals surface area contributed by atoms with Gasteiger partial charge in [-0.1, -0.05) is 35.8 Å². The van der Waals surface area contributed by atoms with Crippen LogP contribution >= 0.6 is 15.9 Å². The molecule has 2 rings (SSSR count). The van der Waals surface area contributed by atoms with Crippen LogP contribution in [0.2, 0.25) is 0 Å². The molecule has 0 radical (unpaired) electrons. The van der Waals surface area contributed by atoms with Gasteiger partial charge in [0.25, 0.3) is 0 Å². The van der Waals surface area contributed by atoms with Crippen molar-refractivity contribution in [3.8, 4) is 0 Å². The lowest BCUT2D eigenvalue weighted by atomic mass is 9.75. The molecular weight excluding hydrogens is 322 g/mol. The van der Waals surface area contributed by atoms with E-state index in [2.05, 4.69) is 35.1 Å². The van der Waals surface area contributed by atoms with Crippen molar-refractivity contribution in [2.45, 2.75) is 49.3 Å². The molecule has 0 spiro atoms. The SMILES string of the molecule is CNC1CCC(C)(C)CC1S(=O)c1cccc(Br)c1. The Bertz CT molecular complexity index is 475. The molecule has 3 atom stereocenters.